The lowest BCUT2D eigenvalue weighted by molar-refractivity contribution is 0.382. The Labute approximate surface area is 111 Å². The van der Waals surface area contributed by atoms with Crippen LogP contribution in [0.25, 0.3) is 0 Å². The zero-order valence-electron chi connectivity index (χ0n) is 10.8. The zero-order valence-corrected chi connectivity index (χ0v) is 11.6. The van der Waals surface area contributed by atoms with Crippen molar-refractivity contribution in [1.29, 1.82) is 0 Å². The van der Waals surface area contributed by atoms with Crippen molar-refractivity contribution in [3.63, 3.8) is 0 Å². The van der Waals surface area contributed by atoms with Gasteiger partial charge in [0.1, 0.15) is 11.5 Å². The highest BCUT2D eigenvalue weighted by atomic mass is 32.1. The maximum absolute atomic E-state index is 6.36. The summed E-state index contributed by atoms with van der Waals surface area (Å²) >= 11 is 1.69. The minimum Gasteiger partial charge on any atom is -0.496 e. The number of ether oxygens (including phenoxy) is 2. The Morgan fingerprint density at radius 1 is 1.11 bits per heavy atom. The molecule has 0 fully saturated rings. The van der Waals surface area contributed by atoms with Crippen molar-refractivity contribution in [2.45, 2.75) is 13.0 Å². The van der Waals surface area contributed by atoms with E-state index in [-0.39, 0.29) is 6.04 Å². The first-order valence-corrected chi connectivity index (χ1v) is 6.57. The van der Waals surface area contributed by atoms with Gasteiger partial charge in [0.25, 0.3) is 0 Å². The molecule has 0 bridgehead atoms. The van der Waals surface area contributed by atoms with Crippen LogP contribution in [0.5, 0.6) is 11.5 Å². The lowest BCUT2D eigenvalue weighted by atomic mass is 9.98. The van der Waals surface area contributed by atoms with Crippen molar-refractivity contribution in [3.05, 3.63) is 45.6 Å². The van der Waals surface area contributed by atoms with Gasteiger partial charge < -0.3 is 15.2 Å². The van der Waals surface area contributed by atoms with Crippen LogP contribution >= 0.6 is 11.3 Å². The van der Waals surface area contributed by atoms with Gasteiger partial charge in [0, 0.05) is 4.88 Å². The van der Waals surface area contributed by atoms with E-state index in [1.807, 2.05) is 23.6 Å². The normalized spacial score (nSPS) is 12.2. The third-order valence-electron chi connectivity index (χ3n) is 3.01. The number of hydrogen-bond acceptors (Lipinski definition) is 4. The molecule has 4 heteroatoms. The van der Waals surface area contributed by atoms with Gasteiger partial charge in [-0.05, 0) is 36.1 Å². The molecule has 0 saturated heterocycles. The summed E-state index contributed by atoms with van der Waals surface area (Å²) in [5.41, 5.74) is 8.37. The summed E-state index contributed by atoms with van der Waals surface area (Å²) in [6, 6.07) is 7.52. The van der Waals surface area contributed by atoms with E-state index < -0.39 is 0 Å². The third-order valence-corrected chi connectivity index (χ3v) is 3.87. The van der Waals surface area contributed by atoms with Crippen LogP contribution in [-0.4, -0.2) is 14.2 Å². The minimum atomic E-state index is -0.234. The molecule has 1 aromatic carbocycles. The number of benzene rings is 1. The van der Waals surface area contributed by atoms with Gasteiger partial charge in [-0.15, -0.1) is 11.3 Å². The maximum atomic E-state index is 6.36. The van der Waals surface area contributed by atoms with Gasteiger partial charge in [-0.1, -0.05) is 6.07 Å². The van der Waals surface area contributed by atoms with Crippen LogP contribution in [0, 0.1) is 6.92 Å². The molecule has 0 spiro atoms. The fraction of sp³-hybridized carbons (Fsp3) is 0.286. The Morgan fingerprint density at radius 3 is 2.17 bits per heavy atom. The monoisotopic (exact) mass is 263 g/mol. The SMILES string of the molecule is COc1cccc(OC)c1C(N)c1ccsc1C. The van der Waals surface area contributed by atoms with E-state index in [9.17, 15) is 0 Å². The molecular weight excluding hydrogens is 246 g/mol. The summed E-state index contributed by atoms with van der Waals surface area (Å²) < 4.78 is 10.8. The zero-order chi connectivity index (χ0) is 13.1. The maximum Gasteiger partial charge on any atom is 0.127 e. The number of methoxy groups -OCH3 is 2. The quantitative estimate of drug-likeness (QED) is 0.921. The standard InChI is InChI=1S/C14H17NO2S/c1-9-10(7-8-18-9)14(15)13-11(16-2)5-4-6-12(13)17-3/h4-8,14H,15H2,1-3H3. The van der Waals surface area contributed by atoms with E-state index in [4.69, 9.17) is 15.2 Å². The van der Waals surface area contributed by atoms with Crippen LogP contribution in [0.15, 0.2) is 29.6 Å². The fourth-order valence-corrected chi connectivity index (χ4v) is 2.81. The van der Waals surface area contributed by atoms with Crippen LogP contribution in [-0.2, 0) is 0 Å². The van der Waals surface area contributed by atoms with E-state index in [1.54, 1.807) is 25.6 Å². The van der Waals surface area contributed by atoms with E-state index in [0.717, 1.165) is 22.6 Å². The molecule has 2 aromatic rings. The average Bonchev–Trinajstić information content (AvgIpc) is 2.83. The molecule has 0 saturated carbocycles. The molecule has 1 aromatic heterocycles. The van der Waals surface area contributed by atoms with Gasteiger partial charge in [-0.25, -0.2) is 0 Å². The molecular formula is C14H17NO2S. The van der Waals surface area contributed by atoms with Gasteiger partial charge in [0.15, 0.2) is 0 Å². The van der Waals surface area contributed by atoms with Gasteiger partial charge in [0.05, 0.1) is 25.8 Å². The fourth-order valence-electron chi connectivity index (χ4n) is 2.06. The Morgan fingerprint density at radius 2 is 1.72 bits per heavy atom. The molecule has 0 aliphatic rings. The van der Waals surface area contributed by atoms with Gasteiger partial charge in [0.2, 0.25) is 0 Å². The number of thiophene rings is 1. The van der Waals surface area contributed by atoms with Crippen molar-refractivity contribution in [2.24, 2.45) is 5.73 Å². The van der Waals surface area contributed by atoms with Crippen LogP contribution in [0.2, 0.25) is 0 Å². The summed E-state index contributed by atoms with van der Waals surface area (Å²) in [4.78, 5) is 1.22. The Bertz CT molecular complexity index is 514. The summed E-state index contributed by atoms with van der Waals surface area (Å²) in [6.45, 7) is 2.07. The predicted molar refractivity (Wildman–Crippen MR) is 74.6 cm³/mol. The first-order valence-electron chi connectivity index (χ1n) is 5.69. The van der Waals surface area contributed by atoms with E-state index in [1.165, 1.54) is 4.88 Å². The molecule has 18 heavy (non-hydrogen) atoms. The lowest BCUT2D eigenvalue weighted by Crippen LogP contribution is -2.14. The molecule has 0 aliphatic heterocycles. The molecule has 1 heterocycles. The van der Waals surface area contributed by atoms with E-state index in [0.29, 0.717) is 0 Å². The number of nitrogens with two attached hydrogens (primary N) is 1. The minimum absolute atomic E-state index is 0.234. The lowest BCUT2D eigenvalue weighted by Gasteiger charge is -2.19. The van der Waals surface area contributed by atoms with Crippen LogP contribution < -0.4 is 15.2 Å². The highest BCUT2D eigenvalue weighted by molar-refractivity contribution is 7.10. The highest BCUT2D eigenvalue weighted by Gasteiger charge is 2.20. The molecule has 1 atom stereocenters. The first-order chi connectivity index (χ1) is 8.69. The average molecular weight is 263 g/mol. The van der Waals surface area contributed by atoms with Crippen molar-refractivity contribution in [1.82, 2.24) is 0 Å². The van der Waals surface area contributed by atoms with Crippen LogP contribution in [0.1, 0.15) is 22.0 Å². The Kier molecular flexibility index (Phi) is 3.89. The highest BCUT2D eigenvalue weighted by Crippen LogP contribution is 2.37. The molecule has 0 aliphatic carbocycles. The number of hydrogen-bond donors (Lipinski definition) is 1. The van der Waals surface area contributed by atoms with Crippen molar-refractivity contribution < 1.29 is 9.47 Å². The summed E-state index contributed by atoms with van der Waals surface area (Å²) in [5, 5.41) is 2.05. The molecule has 3 nitrogen and oxygen atoms in total. The van der Waals surface area contributed by atoms with Crippen LogP contribution in [0.4, 0.5) is 0 Å². The number of rotatable bonds is 4. The molecule has 0 radical (unpaired) electrons. The van der Waals surface area contributed by atoms with Crippen molar-refractivity contribution >= 4 is 11.3 Å². The largest absolute Gasteiger partial charge is 0.496 e. The number of aryl methyl sites for hydroxylation is 1. The molecule has 1 unspecified atom stereocenters. The van der Waals surface area contributed by atoms with Crippen LogP contribution in [0.3, 0.4) is 0 Å². The van der Waals surface area contributed by atoms with Crippen molar-refractivity contribution in [2.75, 3.05) is 14.2 Å². The summed E-state index contributed by atoms with van der Waals surface area (Å²) in [7, 11) is 3.29. The second kappa shape index (κ2) is 5.42. The molecule has 96 valence electrons. The van der Waals surface area contributed by atoms with E-state index >= 15 is 0 Å². The molecule has 2 rings (SSSR count). The third kappa shape index (κ3) is 2.21. The predicted octanol–water partition coefficient (Wildman–Crippen LogP) is 3.12. The molecule has 0 amide bonds. The van der Waals surface area contributed by atoms with Gasteiger partial charge >= 0.3 is 0 Å². The smallest absolute Gasteiger partial charge is 0.127 e. The Balaban J connectivity index is 2.52. The second-order valence-corrected chi connectivity index (χ2v) is 5.11. The van der Waals surface area contributed by atoms with Gasteiger partial charge in [-0.2, -0.15) is 0 Å². The summed E-state index contributed by atoms with van der Waals surface area (Å²) in [6.07, 6.45) is 0. The topological polar surface area (TPSA) is 44.5 Å². The first kappa shape index (κ1) is 12.9. The second-order valence-electron chi connectivity index (χ2n) is 3.99. The van der Waals surface area contributed by atoms with Gasteiger partial charge in [-0.3, -0.25) is 0 Å². The summed E-state index contributed by atoms with van der Waals surface area (Å²) in [5.74, 6) is 1.51. The Hall–Kier alpha value is -1.52. The van der Waals surface area contributed by atoms with Crippen molar-refractivity contribution in [3.8, 4) is 11.5 Å². The van der Waals surface area contributed by atoms with E-state index in [2.05, 4.69) is 13.0 Å². The molecule has 2 N–H and O–H groups in total.